The van der Waals surface area contributed by atoms with Crippen LogP contribution in [-0.2, 0) is 9.53 Å². The minimum absolute atomic E-state index is 0.146. The summed E-state index contributed by atoms with van der Waals surface area (Å²) in [5.41, 5.74) is 4.63. The molecule has 90 valence electrons. The predicted molar refractivity (Wildman–Crippen MR) is 54.8 cm³/mol. The molecule has 1 atom stereocenters. The Labute approximate surface area is 91.5 Å². The number of carbonyl (C=O) groups is 1. The topological polar surface area (TPSA) is 128 Å². The van der Waals surface area contributed by atoms with Crippen LogP contribution >= 0.6 is 0 Å². The Kier molecular flexibility index (Phi) is 5.71. The van der Waals surface area contributed by atoms with Gasteiger partial charge in [0.15, 0.2) is 5.71 Å². The molecule has 0 spiro atoms. The van der Waals surface area contributed by atoms with Gasteiger partial charge in [0.05, 0.1) is 0 Å². The Bertz CT molecular complexity index is 337. The Morgan fingerprint density at radius 1 is 1.75 bits per heavy atom. The molecule has 0 aromatic heterocycles. The van der Waals surface area contributed by atoms with Gasteiger partial charge >= 0.3 is 0 Å². The van der Waals surface area contributed by atoms with Crippen molar-refractivity contribution in [2.75, 3.05) is 13.7 Å². The summed E-state index contributed by atoms with van der Waals surface area (Å²) >= 11 is 0. The van der Waals surface area contributed by atoms with E-state index in [9.17, 15) is 14.9 Å². The molecule has 16 heavy (non-hydrogen) atoms. The Morgan fingerprint density at radius 3 is 2.62 bits per heavy atom. The number of ether oxygens (including phenoxy) is 1. The number of amides is 1. The zero-order valence-electron chi connectivity index (χ0n) is 8.91. The molecule has 8 nitrogen and oxygen atoms in total. The van der Waals surface area contributed by atoms with Crippen LogP contribution in [0.1, 0.15) is 6.92 Å². The standard InChI is InChI=1S/C8H13N3O5/c1-5(3-6(10-13)8(9)12)7(4-16-2)11(14)15/h3,7,13H,4H2,1-2H3,(H2,9,12)/b5-3+,10-6?/t7-/m1/s1. The van der Waals surface area contributed by atoms with Crippen molar-refractivity contribution in [1.29, 1.82) is 0 Å². The molecule has 0 bridgehead atoms. The second-order valence-corrected chi connectivity index (χ2v) is 2.99. The third kappa shape index (κ3) is 4.05. The largest absolute Gasteiger partial charge is 0.410 e. The zero-order chi connectivity index (χ0) is 12.7. The lowest BCUT2D eigenvalue weighted by molar-refractivity contribution is -0.515. The highest BCUT2D eigenvalue weighted by atomic mass is 16.6. The third-order valence-electron chi connectivity index (χ3n) is 1.83. The van der Waals surface area contributed by atoms with Gasteiger partial charge in [0.1, 0.15) is 6.61 Å². The van der Waals surface area contributed by atoms with Crippen LogP contribution in [0.15, 0.2) is 16.8 Å². The summed E-state index contributed by atoms with van der Waals surface area (Å²) in [5.74, 6) is -0.971. The molecule has 3 N–H and O–H groups in total. The summed E-state index contributed by atoms with van der Waals surface area (Å²) < 4.78 is 4.66. The average Bonchev–Trinajstić information content (AvgIpc) is 2.21. The normalized spacial score (nSPS) is 14.6. The molecule has 0 aliphatic carbocycles. The molecule has 0 fully saturated rings. The number of hydrogen-bond acceptors (Lipinski definition) is 6. The van der Waals surface area contributed by atoms with Crippen molar-refractivity contribution in [2.45, 2.75) is 13.0 Å². The number of nitrogens with zero attached hydrogens (tertiary/aromatic N) is 2. The van der Waals surface area contributed by atoms with Crippen LogP contribution in [0.5, 0.6) is 0 Å². The summed E-state index contributed by atoms with van der Waals surface area (Å²) in [5, 5.41) is 21.7. The molecule has 0 saturated heterocycles. The molecule has 0 rings (SSSR count). The van der Waals surface area contributed by atoms with E-state index in [1.54, 1.807) is 0 Å². The van der Waals surface area contributed by atoms with Gasteiger partial charge in [0.25, 0.3) is 11.9 Å². The molecule has 0 aliphatic heterocycles. The predicted octanol–water partition coefficient (Wildman–Crippen LogP) is -0.460. The third-order valence-corrected chi connectivity index (χ3v) is 1.83. The summed E-state index contributed by atoms with van der Waals surface area (Å²) in [6, 6.07) is -1.11. The molecule has 0 heterocycles. The fourth-order valence-corrected chi connectivity index (χ4v) is 0.978. The lowest BCUT2D eigenvalue weighted by Crippen LogP contribution is -2.28. The highest BCUT2D eigenvalue weighted by molar-refractivity contribution is 6.42. The summed E-state index contributed by atoms with van der Waals surface area (Å²) in [6.07, 6.45) is 1.05. The summed E-state index contributed by atoms with van der Waals surface area (Å²) in [7, 11) is 1.32. The van der Waals surface area contributed by atoms with E-state index in [2.05, 4.69) is 9.89 Å². The molecule has 0 aliphatic rings. The van der Waals surface area contributed by atoms with E-state index in [1.165, 1.54) is 14.0 Å². The van der Waals surface area contributed by atoms with Crippen LogP contribution in [-0.4, -0.2) is 41.5 Å². The van der Waals surface area contributed by atoms with E-state index in [4.69, 9.17) is 10.9 Å². The number of carbonyl (C=O) groups excluding carboxylic acids is 1. The molecular formula is C8H13N3O5. The highest BCUT2D eigenvalue weighted by Gasteiger charge is 2.23. The number of hydrogen-bond donors (Lipinski definition) is 2. The number of nitro groups is 1. The van der Waals surface area contributed by atoms with E-state index < -0.39 is 22.6 Å². The molecular weight excluding hydrogens is 218 g/mol. The fourth-order valence-electron chi connectivity index (χ4n) is 0.978. The number of primary amides is 1. The van der Waals surface area contributed by atoms with Crippen LogP contribution in [0.25, 0.3) is 0 Å². The highest BCUT2D eigenvalue weighted by Crippen LogP contribution is 2.06. The first-order chi connectivity index (χ1) is 7.43. The van der Waals surface area contributed by atoms with E-state index in [1.807, 2.05) is 0 Å². The first-order valence-electron chi connectivity index (χ1n) is 4.26. The van der Waals surface area contributed by atoms with E-state index in [0.717, 1.165) is 6.08 Å². The number of oxime groups is 1. The van der Waals surface area contributed by atoms with Crippen LogP contribution < -0.4 is 5.73 Å². The lowest BCUT2D eigenvalue weighted by Gasteiger charge is -2.08. The number of methoxy groups -OCH3 is 1. The molecule has 1 amide bonds. The molecule has 0 saturated carbocycles. The summed E-state index contributed by atoms with van der Waals surface area (Å²) in [4.78, 5) is 20.8. The minimum Gasteiger partial charge on any atom is -0.410 e. The Hall–Kier alpha value is -1.96. The zero-order valence-corrected chi connectivity index (χ0v) is 8.91. The van der Waals surface area contributed by atoms with Gasteiger partial charge in [-0.05, 0) is 13.0 Å². The van der Waals surface area contributed by atoms with Gasteiger partial charge in [0, 0.05) is 17.6 Å². The van der Waals surface area contributed by atoms with Crippen molar-refractivity contribution in [3.63, 3.8) is 0 Å². The van der Waals surface area contributed by atoms with Gasteiger partial charge in [-0.3, -0.25) is 14.9 Å². The Morgan fingerprint density at radius 2 is 2.31 bits per heavy atom. The maximum Gasteiger partial charge on any atom is 0.270 e. The van der Waals surface area contributed by atoms with Crippen molar-refractivity contribution < 1.29 is 19.7 Å². The van der Waals surface area contributed by atoms with Crippen molar-refractivity contribution in [2.24, 2.45) is 10.9 Å². The molecule has 0 radical (unpaired) electrons. The number of nitrogens with two attached hydrogens (primary N) is 1. The van der Waals surface area contributed by atoms with Gasteiger partial charge in [0.2, 0.25) is 0 Å². The second kappa shape index (κ2) is 6.51. The maximum absolute atomic E-state index is 10.7. The van der Waals surface area contributed by atoms with Crippen molar-refractivity contribution in [3.05, 3.63) is 21.8 Å². The Balaban J connectivity index is 4.98. The summed E-state index contributed by atoms with van der Waals surface area (Å²) in [6.45, 7) is 1.27. The lowest BCUT2D eigenvalue weighted by atomic mass is 10.1. The monoisotopic (exact) mass is 231 g/mol. The van der Waals surface area contributed by atoms with Crippen LogP contribution in [0.3, 0.4) is 0 Å². The molecule has 0 aromatic carbocycles. The maximum atomic E-state index is 10.7. The smallest absolute Gasteiger partial charge is 0.270 e. The van der Waals surface area contributed by atoms with Gasteiger partial charge < -0.3 is 15.7 Å². The second-order valence-electron chi connectivity index (χ2n) is 2.99. The van der Waals surface area contributed by atoms with Crippen LogP contribution in [0, 0.1) is 10.1 Å². The SMILES string of the molecule is COC[C@H](/C(C)=C/C(=NO)C(N)=O)[N+](=O)[O-]. The van der Waals surface area contributed by atoms with Crippen molar-refractivity contribution in [3.8, 4) is 0 Å². The van der Waals surface area contributed by atoms with E-state index in [-0.39, 0.29) is 12.2 Å². The number of rotatable bonds is 6. The van der Waals surface area contributed by atoms with Crippen molar-refractivity contribution >= 4 is 11.6 Å². The fraction of sp³-hybridized carbons (Fsp3) is 0.500. The van der Waals surface area contributed by atoms with Gasteiger partial charge in [-0.2, -0.15) is 0 Å². The van der Waals surface area contributed by atoms with E-state index in [0.29, 0.717) is 0 Å². The molecule has 0 unspecified atom stereocenters. The van der Waals surface area contributed by atoms with Gasteiger partial charge in [-0.25, -0.2) is 0 Å². The first-order valence-corrected chi connectivity index (χ1v) is 4.26. The first kappa shape index (κ1) is 14.0. The van der Waals surface area contributed by atoms with Gasteiger partial charge in [-0.1, -0.05) is 5.16 Å². The van der Waals surface area contributed by atoms with Gasteiger partial charge in [-0.15, -0.1) is 0 Å². The van der Waals surface area contributed by atoms with Crippen LogP contribution in [0.2, 0.25) is 0 Å². The quantitative estimate of drug-likeness (QED) is 0.276. The van der Waals surface area contributed by atoms with Crippen molar-refractivity contribution in [1.82, 2.24) is 0 Å². The van der Waals surface area contributed by atoms with E-state index >= 15 is 0 Å². The van der Waals surface area contributed by atoms with Crippen LogP contribution in [0.4, 0.5) is 0 Å². The average molecular weight is 231 g/mol. The minimum atomic E-state index is -1.11. The molecule has 8 heteroatoms. The molecule has 0 aromatic rings.